The molecule has 0 aromatic carbocycles. The van der Waals surface area contributed by atoms with Gasteiger partial charge in [0.1, 0.15) is 0 Å². The zero-order chi connectivity index (χ0) is 10.6. The van der Waals surface area contributed by atoms with Crippen molar-refractivity contribution in [1.29, 1.82) is 0 Å². The number of rotatable bonds is 5. The Balaban J connectivity index is 2.03. The molecule has 1 aliphatic heterocycles. The van der Waals surface area contributed by atoms with Crippen LogP contribution >= 0.6 is 0 Å². The Hall–Kier alpha value is -0.0800. The summed E-state index contributed by atoms with van der Waals surface area (Å²) in [5.74, 6) is 1.79. The van der Waals surface area contributed by atoms with E-state index in [-0.39, 0.29) is 0 Å². The number of likely N-dealkylation sites (tertiary alicyclic amines) is 1. The van der Waals surface area contributed by atoms with Gasteiger partial charge in [0, 0.05) is 19.1 Å². The minimum atomic E-state index is 0.631. The molecule has 0 radical (unpaired) electrons. The third-order valence-electron chi connectivity index (χ3n) is 3.27. The van der Waals surface area contributed by atoms with Crippen LogP contribution in [-0.2, 0) is 0 Å². The van der Waals surface area contributed by atoms with E-state index in [9.17, 15) is 0 Å². The molecule has 1 rings (SSSR count). The number of hydrogen-bond donors (Lipinski definition) is 1. The van der Waals surface area contributed by atoms with Gasteiger partial charge in [0.05, 0.1) is 0 Å². The van der Waals surface area contributed by atoms with Crippen LogP contribution in [0, 0.1) is 11.8 Å². The number of nitrogens with zero attached hydrogens (tertiary/aromatic N) is 1. The standard InChI is InChI=1S/C12H26N2/c1-10(2)13-6-5-7-14-8-11(3)12(4)9-14/h10-13H,5-9H2,1-4H3. The van der Waals surface area contributed by atoms with Crippen LogP contribution in [0.4, 0.5) is 0 Å². The van der Waals surface area contributed by atoms with Crippen molar-refractivity contribution in [2.24, 2.45) is 11.8 Å². The van der Waals surface area contributed by atoms with Crippen molar-refractivity contribution in [3.63, 3.8) is 0 Å². The smallest absolute Gasteiger partial charge is 0.00103 e. The molecule has 0 saturated carbocycles. The van der Waals surface area contributed by atoms with E-state index >= 15 is 0 Å². The third kappa shape index (κ3) is 3.97. The molecule has 1 heterocycles. The summed E-state index contributed by atoms with van der Waals surface area (Å²) in [7, 11) is 0. The van der Waals surface area contributed by atoms with Crippen LogP contribution in [0.3, 0.4) is 0 Å². The van der Waals surface area contributed by atoms with E-state index in [0.29, 0.717) is 6.04 Å². The summed E-state index contributed by atoms with van der Waals surface area (Å²) in [6, 6.07) is 0.631. The van der Waals surface area contributed by atoms with Gasteiger partial charge >= 0.3 is 0 Å². The first-order chi connectivity index (χ1) is 6.59. The van der Waals surface area contributed by atoms with E-state index < -0.39 is 0 Å². The van der Waals surface area contributed by atoms with Gasteiger partial charge in [0.25, 0.3) is 0 Å². The molecule has 1 fully saturated rings. The Morgan fingerprint density at radius 1 is 1.21 bits per heavy atom. The summed E-state index contributed by atoms with van der Waals surface area (Å²) >= 11 is 0. The van der Waals surface area contributed by atoms with Gasteiger partial charge < -0.3 is 10.2 Å². The fourth-order valence-electron chi connectivity index (χ4n) is 2.12. The van der Waals surface area contributed by atoms with Gasteiger partial charge in [-0.25, -0.2) is 0 Å². The average molecular weight is 198 g/mol. The molecule has 0 aliphatic carbocycles. The predicted molar refractivity (Wildman–Crippen MR) is 62.5 cm³/mol. The molecule has 0 aromatic heterocycles. The topological polar surface area (TPSA) is 15.3 Å². The van der Waals surface area contributed by atoms with Gasteiger partial charge in [-0.2, -0.15) is 0 Å². The lowest BCUT2D eigenvalue weighted by atomic mass is 10.0. The fraction of sp³-hybridized carbons (Fsp3) is 1.00. The molecular formula is C12H26N2. The minimum Gasteiger partial charge on any atom is -0.314 e. The Labute approximate surface area is 89.1 Å². The van der Waals surface area contributed by atoms with Crippen molar-refractivity contribution in [3.8, 4) is 0 Å². The van der Waals surface area contributed by atoms with Gasteiger partial charge in [-0.15, -0.1) is 0 Å². The van der Waals surface area contributed by atoms with Crippen LogP contribution in [0.2, 0.25) is 0 Å². The molecule has 14 heavy (non-hydrogen) atoms. The molecule has 1 saturated heterocycles. The molecule has 2 nitrogen and oxygen atoms in total. The summed E-state index contributed by atoms with van der Waals surface area (Å²) in [5, 5.41) is 3.47. The van der Waals surface area contributed by atoms with Gasteiger partial charge in [0.2, 0.25) is 0 Å². The fourth-order valence-corrected chi connectivity index (χ4v) is 2.12. The molecule has 2 heteroatoms. The van der Waals surface area contributed by atoms with Crippen molar-refractivity contribution >= 4 is 0 Å². The van der Waals surface area contributed by atoms with Crippen LogP contribution in [0.25, 0.3) is 0 Å². The lowest BCUT2D eigenvalue weighted by molar-refractivity contribution is 0.315. The summed E-state index contributed by atoms with van der Waals surface area (Å²) in [5.41, 5.74) is 0. The largest absolute Gasteiger partial charge is 0.314 e. The molecule has 0 bridgehead atoms. The first-order valence-corrected chi connectivity index (χ1v) is 6.05. The van der Waals surface area contributed by atoms with E-state index in [1.54, 1.807) is 0 Å². The Bertz CT molecular complexity index is 146. The van der Waals surface area contributed by atoms with E-state index in [1.165, 1.54) is 26.1 Å². The molecule has 0 aromatic rings. The van der Waals surface area contributed by atoms with Crippen LogP contribution in [-0.4, -0.2) is 37.1 Å². The predicted octanol–water partition coefficient (Wildman–Crippen LogP) is 1.96. The molecule has 1 N–H and O–H groups in total. The highest BCUT2D eigenvalue weighted by Gasteiger charge is 2.24. The van der Waals surface area contributed by atoms with Crippen LogP contribution < -0.4 is 5.32 Å². The van der Waals surface area contributed by atoms with Gasteiger partial charge in [-0.05, 0) is 31.3 Å². The molecule has 2 atom stereocenters. The van der Waals surface area contributed by atoms with Crippen molar-refractivity contribution < 1.29 is 0 Å². The van der Waals surface area contributed by atoms with Crippen LogP contribution in [0.15, 0.2) is 0 Å². The minimum absolute atomic E-state index is 0.631. The highest BCUT2D eigenvalue weighted by Crippen LogP contribution is 2.21. The van der Waals surface area contributed by atoms with Gasteiger partial charge in [0.15, 0.2) is 0 Å². The van der Waals surface area contributed by atoms with E-state index in [0.717, 1.165) is 18.4 Å². The lowest BCUT2D eigenvalue weighted by Gasteiger charge is -2.16. The summed E-state index contributed by atoms with van der Waals surface area (Å²) in [4.78, 5) is 2.61. The van der Waals surface area contributed by atoms with E-state index in [2.05, 4.69) is 37.9 Å². The second-order valence-electron chi connectivity index (χ2n) is 5.18. The Kier molecular flexibility index (Phi) is 4.90. The molecular weight excluding hydrogens is 172 g/mol. The van der Waals surface area contributed by atoms with Gasteiger partial charge in [-0.1, -0.05) is 27.7 Å². The van der Waals surface area contributed by atoms with Gasteiger partial charge in [-0.3, -0.25) is 0 Å². The average Bonchev–Trinajstić information content (AvgIpc) is 2.40. The maximum absolute atomic E-state index is 3.47. The SMILES string of the molecule is CC(C)NCCCN1CC(C)C(C)C1. The van der Waals surface area contributed by atoms with Crippen molar-refractivity contribution in [1.82, 2.24) is 10.2 Å². The van der Waals surface area contributed by atoms with Crippen molar-refractivity contribution in [3.05, 3.63) is 0 Å². The monoisotopic (exact) mass is 198 g/mol. The summed E-state index contributed by atoms with van der Waals surface area (Å²) in [6.45, 7) is 14.2. The second kappa shape index (κ2) is 5.72. The Morgan fingerprint density at radius 2 is 1.79 bits per heavy atom. The summed E-state index contributed by atoms with van der Waals surface area (Å²) < 4.78 is 0. The van der Waals surface area contributed by atoms with Crippen LogP contribution in [0.5, 0.6) is 0 Å². The lowest BCUT2D eigenvalue weighted by Crippen LogP contribution is -2.28. The third-order valence-corrected chi connectivity index (χ3v) is 3.27. The zero-order valence-electron chi connectivity index (χ0n) is 10.2. The molecule has 0 amide bonds. The quantitative estimate of drug-likeness (QED) is 0.679. The summed E-state index contributed by atoms with van der Waals surface area (Å²) in [6.07, 6.45) is 1.29. The zero-order valence-corrected chi connectivity index (χ0v) is 10.2. The second-order valence-corrected chi connectivity index (χ2v) is 5.18. The maximum atomic E-state index is 3.47. The molecule has 2 unspecified atom stereocenters. The number of nitrogens with one attached hydrogen (secondary N) is 1. The van der Waals surface area contributed by atoms with Crippen molar-refractivity contribution in [2.45, 2.75) is 40.2 Å². The highest BCUT2D eigenvalue weighted by atomic mass is 15.1. The van der Waals surface area contributed by atoms with Crippen LogP contribution in [0.1, 0.15) is 34.1 Å². The molecule has 0 spiro atoms. The first-order valence-electron chi connectivity index (χ1n) is 6.05. The van der Waals surface area contributed by atoms with Crippen molar-refractivity contribution in [2.75, 3.05) is 26.2 Å². The maximum Gasteiger partial charge on any atom is 0.00103 e. The molecule has 1 aliphatic rings. The normalized spacial score (nSPS) is 28.9. The first kappa shape index (κ1) is 12.0. The van der Waals surface area contributed by atoms with E-state index in [1.807, 2.05) is 0 Å². The highest BCUT2D eigenvalue weighted by molar-refractivity contribution is 4.78. The molecule has 84 valence electrons. The Morgan fingerprint density at radius 3 is 2.29 bits per heavy atom. The van der Waals surface area contributed by atoms with E-state index in [4.69, 9.17) is 0 Å². The number of hydrogen-bond acceptors (Lipinski definition) is 2.